The molecule has 0 aliphatic rings. The average Bonchev–Trinajstić information content (AvgIpc) is 3.53. The lowest BCUT2D eigenvalue weighted by molar-refractivity contribution is -0.143. The van der Waals surface area contributed by atoms with Gasteiger partial charge in [-0.3, -0.25) is 14.4 Å². The molecule has 0 aliphatic carbocycles. The molecular formula is C31H22F7N3O4S. The molecule has 1 atom stereocenters. The third-order valence-corrected chi connectivity index (χ3v) is 7.55. The topological polar surface area (TPSA) is 100 Å². The maximum atomic E-state index is 14.3. The van der Waals surface area contributed by atoms with E-state index in [9.17, 15) is 45.1 Å². The molecule has 1 unspecified atom stereocenters. The van der Waals surface area contributed by atoms with Gasteiger partial charge in [0, 0.05) is 22.2 Å². The molecule has 240 valence electrons. The Bertz CT molecular complexity index is 1750. The summed E-state index contributed by atoms with van der Waals surface area (Å²) in [7, 11) is 0. The van der Waals surface area contributed by atoms with E-state index in [0.29, 0.717) is 4.90 Å². The van der Waals surface area contributed by atoms with E-state index in [1.807, 2.05) is 0 Å². The molecule has 0 spiro atoms. The van der Waals surface area contributed by atoms with E-state index in [1.165, 1.54) is 43.5 Å². The van der Waals surface area contributed by atoms with E-state index in [1.54, 1.807) is 47.8 Å². The van der Waals surface area contributed by atoms with Crippen molar-refractivity contribution < 1.29 is 49.5 Å². The van der Waals surface area contributed by atoms with Gasteiger partial charge in [0.25, 0.3) is 11.8 Å². The highest BCUT2D eigenvalue weighted by molar-refractivity contribution is 8.00. The predicted octanol–water partition coefficient (Wildman–Crippen LogP) is 7.77. The molecule has 4 rings (SSSR count). The molecule has 3 aromatic carbocycles. The molecule has 3 N–H and O–H groups in total. The second kappa shape index (κ2) is 14.4. The molecule has 46 heavy (non-hydrogen) atoms. The first kappa shape index (κ1) is 33.8. The van der Waals surface area contributed by atoms with Gasteiger partial charge in [-0.1, -0.05) is 31.2 Å². The number of furan rings is 1. The van der Waals surface area contributed by atoms with E-state index >= 15 is 0 Å². The predicted molar refractivity (Wildman–Crippen MR) is 156 cm³/mol. The maximum absolute atomic E-state index is 14.3. The first-order valence-corrected chi connectivity index (χ1v) is 14.1. The number of nitrogens with one attached hydrogen (secondary N) is 3. The van der Waals surface area contributed by atoms with Gasteiger partial charge >= 0.3 is 6.18 Å². The summed E-state index contributed by atoms with van der Waals surface area (Å²) < 4.78 is 101. The molecule has 0 saturated carbocycles. The van der Waals surface area contributed by atoms with E-state index in [2.05, 4.69) is 10.6 Å². The van der Waals surface area contributed by atoms with Gasteiger partial charge in [-0.25, -0.2) is 17.6 Å². The first-order valence-electron chi connectivity index (χ1n) is 13.2. The summed E-state index contributed by atoms with van der Waals surface area (Å²) in [5, 5.41) is 5.62. The van der Waals surface area contributed by atoms with Gasteiger partial charge in [-0.05, 0) is 48.9 Å². The van der Waals surface area contributed by atoms with Gasteiger partial charge in [-0.15, -0.1) is 11.8 Å². The molecule has 7 nitrogen and oxygen atoms in total. The number of carbonyl (C=O) groups is 3. The number of hydrogen-bond donors (Lipinski definition) is 3. The van der Waals surface area contributed by atoms with Crippen LogP contribution in [0.4, 0.5) is 42.1 Å². The van der Waals surface area contributed by atoms with E-state index in [4.69, 9.17) is 4.42 Å². The second-order valence-corrected chi connectivity index (χ2v) is 10.7. The van der Waals surface area contributed by atoms with Crippen molar-refractivity contribution in [1.82, 2.24) is 5.32 Å². The van der Waals surface area contributed by atoms with Gasteiger partial charge in [0.2, 0.25) is 5.91 Å². The molecule has 15 heteroatoms. The Hall–Kier alpha value is -5.05. The van der Waals surface area contributed by atoms with Crippen LogP contribution in [0.5, 0.6) is 0 Å². The Morgan fingerprint density at radius 2 is 1.54 bits per heavy atom. The Morgan fingerprint density at radius 3 is 2.13 bits per heavy atom. The summed E-state index contributed by atoms with van der Waals surface area (Å²) in [6.07, 6.45) is -3.06. The van der Waals surface area contributed by atoms with Crippen molar-refractivity contribution >= 4 is 46.9 Å². The summed E-state index contributed by atoms with van der Waals surface area (Å²) in [5.74, 6) is -12.5. The molecule has 0 saturated heterocycles. The van der Waals surface area contributed by atoms with E-state index in [-0.39, 0.29) is 29.1 Å². The summed E-state index contributed by atoms with van der Waals surface area (Å²) in [4.78, 5) is 39.1. The maximum Gasteiger partial charge on any atom is 0.422 e. The van der Waals surface area contributed by atoms with Crippen molar-refractivity contribution in [3.63, 3.8) is 0 Å². The highest BCUT2D eigenvalue weighted by Crippen LogP contribution is 2.39. The number of halogens is 7. The zero-order valence-electron chi connectivity index (χ0n) is 23.5. The van der Waals surface area contributed by atoms with E-state index in [0.717, 1.165) is 11.8 Å². The Morgan fingerprint density at radius 1 is 0.870 bits per heavy atom. The SMILES string of the molecule is CCC(Sc1cccc(NC(=O)/C(=C/c2ccco2)NC(=O)c2ccccc2)c1)C(=O)Nc1c(F)c(F)c(C(F)(F)F)c(F)c1F. The fourth-order valence-electron chi connectivity index (χ4n) is 3.98. The number of alkyl halides is 3. The third kappa shape index (κ3) is 7.96. The molecule has 0 aliphatic heterocycles. The van der Waals surface area contributed by atoms with Gasteiger partial charge in [-0.2, -0.15) is 13.2 Å². The molecule has 1 aromatic heterocycles. The molecule has 4 aromatic rings. The lowest BCUT2D eigenvalue weighted by atomic mass is 10.1. The molecule has 0 radical (unpaired) electrons. The van der Waals surface area contributed by atoms with Crippen LogP contribution in [-0.4, -0.2) is 23.0 Å². The van der Waals surface area contributed by atoms with Crippen LogP contribution in [-0.2, 0) is 15.8 Å². The van der Waals surface area contributed by atoms with E-state index < -0.39 is 63.7 Å². The van der Waals surface area contributed by atoms with Crippen LogP contribution in [0.3, 0.4) is 0 Å². The van der Waals surface area contributed by atoms with Crippen LogP contribution in [0.25, 0.3) is 6.08 Å². The fraction of sp³-hybridized carbons (Fsp3) is 0.129. The molecule has 3 amide bonds. The van der Waals surface area contributed by atoms with Gasteiger partial charge < -0.3 is 20.4 Å². The first-order chi connectivity index (χ1) is 21.8. The number of benzene rings is 3. The van der Waals surface area contributed by atoms with Crippen LogP contribution in [0.15, 0.2) is 88.0 Å². The minimum absolute atomic E-state index is 0.00345. The Labute approximate surface area is 260 Å². The Balaban J connectivity index is 1.51. The van der Waals surface area contributed by atoms with Crippen LogP contribution in [0.1, 0.15) is 35.0 Å². The number of amides is 3. The second-order valence-electron chi connectivity index (χ2n) is 9.38. The number of carbonyl (C=O) groups excluding carboxylic acids is 3. The smallest absolute Gasteiger partial charge is 0.422 e. The summed E-state index contributed by atoms with van der Waals surface area (Å²) in [5.41, 5.74) is -4.16. The zero-order valence-corrected chi connectivity index (χ0v) is 24.3. The highest BCUT2D eigenvalue weighted by atomic mass is 32.2. The monoisotopic (exact) mass is 665 g/mol. The van der Waals surface area contributed by atoms with Crippen LogP contribution < -0.4 is 16.0 Å². The van der Waals surface area contributed by atoms with Crippen molar-refractivity contribution in [3.05, 3.63) is 119 Å². The van der Waals surface area contributed by atoms with Crippen molar-refractivity contribution in [1.29, 1.82) is 0 Å². The summed E-state index contributed by atoms with van der Waals surface area (Å²) >= 11 is 0.830. The van der Waals surface area contributed by atoms with Crippen LogP contribution in [0, 0.1) is 23.3 Å². The highest BCUT2D eigenvalue weighted by Gasteiger charge is 2.42. The molecule has 0 fully saturated rings. The van der Waals surface area contributed by atoms with Crippen molar-refractivity contribution in [2.45, 2.75) is 29.7 Å². The van der Waals surface area contributed by atoms with Crippen molar-refractivity contribution in [2.75, 3.05) is 10.6 Å². The lowest BCUT2D eigenvalue weighted by Gasteiger charge is -2.18. The average molecular weight is 666 g/mol. The van der Waals surface area contributed by atoms with Gasteiger partial charge in [0.05, 0.1) is 11.5 Å². The van der Waals surface area contributed by atoms with Gasteiger partial charge in [0.1, 0.15) is 22.7 Å². The van der Waals surface area contributed by atoms with Crippen molar-refractivity contribution in [2.24, 2.45) is 0 Å². The van der Waals surface area contributed by atoms with Gasteiger partial charge in [0.15, 0.2) is 23.3 Å². The summed E-state index contributed by atoms with van der Waals surface area (Å²) in [6.45, 7) is 1.50. The molecule has 1 heterocycles. The number of hydrogen-bond acceptors (Lipinski definition) is 5. The molecule has 0 bridgehead atoms. The standard InChI is InChI=1S/C31H22F7N3O4S/c1-2-21(30(44)41-27-25(34)23(32)22(31(36,37)38)24(33)26(27)35)46-19-12-6-10-17(14-19)39-29(43)20(15-18-11-7-13-45-18)40-28(42)16-8-4-3-5-9-16/h3-15,21H,2H2,1H3,(H,39,43)(H,40,42)(H,41,44)/b20-15-. The van der Waals surface area contributed by atoms with Crippen LogP contribution in [0.2, 0.25) is 0 Å². The molecular weight excluding hydrogens is 643 g/mol. The van der Waals surface area contributed by atoms with Crippen molar-refractivity contribution in [3.8, 4) is 0 Å². The number of rotatable bonds is 10. The number of anilines is 2. The minimum Gasteiger partial charge on any atom is -0.465 e. The number of thioether (sulfide) groups is 1. The minimum atomic E-state index is -5.73. The quantitative estimate of drug-likeness (QED) is 0.0696. The fourth-order valence-corrected chi connectivity index (χ4v) is 5.00. The summed E-state index contributed by atoms with van der Waals surface area (Å²) in [6, 6.07) is 17.2. The largest absolute Gasteiger partial charge is 0.465 e. The normalized spacial score (nSPS) is 12.4. The third-order valence-electron chi connectivity index (χ3n) is 6.19. The lowest BCUT2D eigenvalue weighted by Crippen LogP contribution is -2.30. The Kier molecular flexibility index (Phi) is 10.6. The zero-order chi connectivity index (χ0) is 33.6. The van der Waals surface area contributed by atoms with Crippen LogP contribution >= 0.6 is 11.8 Å².